The molecule has 0 saturated carbocycles. The summed E-state index contributed by atoms with van der Waals surface area (Å²) in [5.41, 5.74) is 12.9. The Hall–Kier alpha value is -5.53. The van der Waals surface area contributed by atoms with Gasteiger partial charge >= 0.3 is 0 Å². The van der Waals surface area contributed by atoms with E-state index in [0.717, 1.165) is 0 Å². The summed E-state index contributed by atoms with van der Waals surface area (Å²) in [6.07, 6.45) is 3.79. The highest BCUT2D eigenvalue weighted by atomic mass is 14.6. The fourth-order valence-electron chi connectivity index (χ4n) is 7.74. The van der Waals surface area contributed by atoms with Crippen LogP contribution < -0.4 is 0 Å². The van der Waals surface area contributed by atoms with E-state index in [4.69, 9.17) is 0 Å². The molecule has 1 heterocycles. The van der Waals surface area contributed by atoms with Gasteiger partial charge < -0.3 is 0 Å². The molecule has 0 N–H and O–H groups in total. The second-order valence-corrected chi connectivity index (χ2v) is 12.8. The predicted octanol–water partition coefficient (Wildman–Crippen LogP) is 11.8. The second-order valence-electron chi connectivity index (χ2n) is 12.8. The fourth-order valence-corrected chi connectivity index (χ4v) is 7.74. The molecule has 0 aliphatic heterocycles. The number of benzene rings is 7. The molecule has 0 saturated heterocycles. The molecule has 0 bridgehead atoms. The minimum atomic E-state index is -0.0248. The molecule has 8 aromatic rings. The Morgan fingerprint density at radius 3 is 1.82 bits per heavy atom. The van der Waals surface area contributed by atoms with Crippen LogP contribution in [-0.4, -0.2) is 4.98 Å². The summed E-state index contributed by atoms with van der Waals surface area (Å²) in [7, 11) is 0. The van der Waals surface area contributed by atoms with Crippen LogP contribution in [0.2, 0.25) is 0 Å². The van der Waals surface area contributed by atoms with Gasteiger partial charge in [0.2, 0.25) is 0 Å². The number of aromatic nitrogens is 1. The maximum atomic E-state index is 4.34. The monoisotopic (exact) mass is 573 g/mol. The van der Waals surface area contributed by atoms with Crippen molar-refractivity contribution in [2.45, 2.75) is 19.3 Å². The quantitative estimate of drug-likeness (QED) is 0.192. The highest BCUT2D eigenvalue weighted by Crippen LogP contribution is 2.51. The first-order chi connectivity index (χ1) is 22.1. The van der Waals surface area contributed by atoms with E-state index in [1.54, 1.807) is 0 Å². The van der Waals surface area contributed by atoms with Gasteiger partial charge in [-0.3, -0.25) is 4.98 Å². The molecule has 45 heavy (non-hydrogen) atoms. The lowest BCUT2D eigenvalue weighted by molar-refractivity contribution is 0.660. The Labute approximate surface area is 263 Å². The van der Waals surface area contributed by atoms with E-state index < -0.39 is 0 Å². The van der Waals surface area contributed by atoms with Crippen LogP contribution in [0.3, 0.4) is 0 Å². The van der Waals surface area contributed by atoms with Crippen LogP contribution in [0.25, 0.3) is 76.8 Å². The van der Waals surface area contributed by atoms with Gasteiger partial charge in [0.25, 0.3) is 0 Å². The summed E-state index contributed by atoms with van der Waals surface area (Å²) >= 11 is 0. The molecule has 1 aromatic heterocycles. The van der Waals surface area contributed by atoms with Crippen LogP contribution in [-0.2, 0) is 5.41 Å². The van der Waals surface area contributed by atoms with E-state index in [-0.39, 0.29) is 5.41 Å². The topological polar surface area (TPSA) is 12.9 Å². The molecule has 1 aliphatic rings. The molecule has 0 unspecified atom stereocenters. The molecule has 0 atom stereocenters. The lowest BCUT2D eigenvalue weighted by Gasteiger charge is -2.22. The third-order valence-corrected chi connectivity index (χ3v) is 9.95. The van der Waals surface area contributed by atoms with Crippen molar-refractivity contribution in [3.8, 4) is 44.5 Å². The number of nitrogens with zero attached hydrogens (tertiary/aromatic N) is 1. The van der Waals surface area contributed by atoms with Crippen molar-refractivity contribution < 1.29 is 0 Å². The largest absolute Gasteiger partial charge is 0.265 e. The Balaban J connectivity index is 1.38. The van der Waals surface area contributed by atoms with Gasteiger partial charge in [-0.25, -0.2) is 0 Å². The molecule has 1 heteroatoms. The minimum absolute atomic E-state index is 0.0248. The SMILES string of the molecule is CC1(C)c2ccccc2-c2cc(-c3c4ccccc4c(-c4ccncc4)c4ccc(-c5ccc6ccccc6c5)cc34)ccc21. The van der Waals surface area contributed by atoms with Gasteiger partial charge in [-0.05, 0) is 118 Å². The fraction of sp³-hybridized carbons (Fsp3) is 0.0682. The molecule has 0 radical (unpaired) electrons. The normalized spacial score (nSPS) is 13.3. The zero-order valence-electron chi connectivity index (χ0n) is 25.4. The van der Waals surface area contributed by atoms with Gasteiger partial charge in [0.15, 0.2) is 0 Å². The van der Waals surface area contributed by atoms with Crippen LogP contribution in [0.5, 0.6) is 0 Å². The highest BCUT2D eigenvalue weighted by Gasteiger charge is 2.35. The zero-order valence-corrected chi connectivity index (χ0v) is 25.4. The first-order valence-corrected chi connectivity index (χ1v) is 15.7. The molecular formula is C44H31N. The molecule has 212 valence electrons. The van der Waals surface area contributed by atoms with Crippen LogP contribution in [0.15, 0.2) is 152 Å². The molecule has 9 rings (SSSR count). The van der Waals surface area contributed by atoms with Crippen molar-refractivity contribution in [1.29, 1.82) is 0 Å². The van der Waals surface area contributed by atoms with E-state index in [0.29, 0.717) is 0 Å². The molecule has 0 spiro atoms. The third-order valence-electron chi connectivity index (χ3n) is 9.95. The van der Waals surface area contributed by atoms with Gasteiger partial charge in [0, 0.05) is 17.8 Å². The summed E-state index contributed by atoms with van der Waals surface area (Å²) < 4.78 is 0. The van der Waals surface area contributed by atoms with Crippen LogP contribution in [0, 0.1) is 0 Å². The molecule has 1 aliphatic carbocycles. The lowest BCUT2D eigenvalue weighted by atomic mass is 9.81. The summed E-state index contributed by atoms with van der Waals surface area (Å²) in [6.45, 7) is 4.70. The predicted molar refractivity (Wildman–Crippen MR) is 191 cm³/mol. The van der Waals surface area contributed by atoms with Gasteiger partial charge in [0.05, 0.1) is 0 Å². The summed E-state index contributed by atoms with van der Waals surface area (Å²) in [5, 5.41) is 7.54. The van der Waals surface area contributed by atoms with Crippen molar-refractivity contribution in [2.75, 3.05) is 0 Å². The molecular weight excluding hydrogens is 542 g/mol. The average Bonchev–Trinajstić information content (AvgIpc) is 3.32. The minimum Gasteiger partial charge on any atom is -0.265 e. The van der Waals surface area contributed by atoms with Crippen molar-refractivity contribution in [3.05, 3.63) is 163 Å². The van der Waals surface area contributed by atoms with Crippen LogP contribution in [0.4, 0.5) is 0 Å². The van der Waals surface area contributed by atoms with Crippen molar-refractivity contribution >= 4 is 32.3 Å². The first kappa shape index (κ1) is 25.9. The summed E-state index contributed by atoms with van der Waals surface area (Å²) in [4.78, 5) is 4.34. The molecule has 1 nitrogen and oxygen atoms in total. The molecule has 0 amide bonds. The van der Waals surface area contributed by atoms with Crippen molar-refractivity contribution in [2.24, 2.45) is 0 Å². The number of hydrogen-bond acceptors (Lipinski definition) is 1. The van der Waals surface area contributed by atoms with Gasteiger partial charge in [0.1, 0.15) is 0 Å². The highest BCUT2D eigenvalue weighted by molar-refractivity contribution is 6.22. The van der Waals surface area contributed by atoms with E-state index in [1.807, 2.05) is 12.4 Å². The number of fused-ring (bicyclic) bond motifs is 6. The Kier molecular flexibility index (Phi) is 5.61. The smallest absolute Gasteiger partial charge is 0.0273 e. The average molecular weight is 574 g/mol. The van der Waals surface area contributed by atoms with E-state index >= 15 is 0 Å². The number of rotatable bonds is 3. The number of hydrogen-bond donors (Lipinski definition) is 0. The van der Waals surface area contributed by atoms with Gasteiger partial charge in [-0.2, -0.15) is 0 Å². The first-order valence-electron chi connectivity index (χ1n) is 15.7. The maximum Gasteiger partial charge on any atom is 0.0273 e. The van der Waals surface area contributed by atoms with Gasteiger partial charge in [-0.1, -0.05) is 123 Å². The molecule has 0 fully saturated rings. The standard InChI is InChI=1S/C44H31N/c1-44(2)40-14-8-7-11-34(40)38-27-33(18-20-41(38)44)43-36-13-6-5-12-35(36)42(29-21-23-45-24-22-29)37-19-17-32(26-39(37)43)31-16-15-28-9-3-4-10-30(28)25-31/h3-27H,1-2H3. The lowest BCUT2D eigenvalue weighted by Crippen LogP contribution is -2.14. The number of pyridine rings is 1. The van der Waals surface area contributed by atoms with E-state index in [1.165, 1.54) is 88.0 Å². The van der Waals surface area contributed by atoms with E-state index in [9.17, 15) is 0 Å². The Morgan fingerprint density at radius 2 is 1.00 bits per heavy atom. The van der Waals surface area contributed by atoms with Crippen molar-refractivity contribution in [1.82, 2.24) is 4.98 Å². The van der Waals surface area contributed by atoms with Gasteiger partial charge in [-0.15, -0.1) is 0 Å². The maximum absolute atomic E-state index is 4.34. The van der Waals surface area contributed by atoms with Crippen LogP contribution >= 0.6 is 0 Å². The summed E-state index contributed by atoms with van der Waals surface area (Å²) in [5.74, 6) is 0. The van der Waals surface area contributed by atoms with Crippen molar-refractivity contribution in [3.63, 3.8) is 0 Å². The van der Waals surface area contributed by atoms with E-state index in [2.05, 4.69) is 158 Å². The molecule has 7 aromatic carbocycles. The Morgan fingerprint density at radius 1 is 0.400 bits per heavy atom. The Bertz CT molecular complexity index is 2450. The van der Waals surface area contributed by atoms with Crippen LogP contribution in [0.1, 0.15) is 25.0 Å². The summed E-state index contributed by atoms with van der Waals surface area (Å²) in [6, 6.07) is 51.7. The third kappa shape index (κ3) is 3.90. The second kappa shape index (κ2) is 9.74. The zero-order chi connectivity index (χ0) is 30.1.